The van der Waals surface area contributed by atoms with Crippen molar-refractivity contribution in [2.45, 2.75) is 38.8 Å². The summed E-state index contributed by atoms with van der Waals surface area (Å²) in [5, 5.41) is 12.5. The normalized spacial score (nSPS) is 15.1. The second-order valence-corrected chi connectivity index (χ2v) is 7.28. The van der Waals surface area contributed by atoms with Crippen LogP contribution in [0, 0.1) is 0 Å². The van der Waals surface area contributed by atoms with Crippen molar-refractivity contribution >= 4 is 5.82 Å². The van der Waals surface area contributed by atoms with Crippen LogP contribution in [-0.2, 0) is 13.1 Å². The van der Waals surface area contributed by atoms with Gasteiger partial charge in [0.15, 0.2) is 0 Å². The maximum absolute atomic E-state index is 4.63. The summed E-state index contributed by atoms with van der Waals surface area (Å²) in [5.41, 5.74) is 1.28. The lowest BCUT2D eigenvalue weighted by Crippen LogP contribution is -2.34. The summed E-state index contributed by atoms with van der Waals surface area (Å²) in [6.45, 7) is 6.63. The Morgan fingerprint density at radius 1 is 1.00 bits per heavy atom. The molecule has 1 aliphatic heterocycles. The maximum Gasteiger partial charge on any atom is 0.147 e. The number of anilines is 1. The minimum Gasteiger partial charge on any atom is -0.357 e. The van der Waals surface area contributed by atoms with Gasteiger partial charge in [0, 0.05) is 25.2 Å². The number of piperidine rings is 1. The number of hydrogen-bond acceptors (Lipinski definition) is 5. The van der Waals surface area contributed by atoms with Crippen molar-refractivity contribution in [2.75, 3.05) is 24.5 Å². The molecule has 6 nitrogen and oxygen atoms in total. The summed E-state index contributed by atoms with van der Waals surface area (Å²) in [4.78, 5) is 6.86. The molecule has 0 atom stereocenters. The molecule has 1 aliphatic rings. The lowest BCUT2D eigenvalue weighted by molar-refractivity contribution is 0.464. The molecule has 0 aliphatic carbocycles. The summed E-state index contributed by atoms with van der Waals surface area (Å²) >= 11 is 0. The van der Waals surface area contributed by atoms with Crippen LogP contribution < -0.4 is 10.2 Å². The molecule has 2 aromatic heterocycles. The Bertz CT molecular complexity index is 853. The van der Waals surface area contributed by atoms with E-state index in [1.807, 2.05) is 12.3 Å². The fraction of sp³-hybridized carbons (Fsp3) is 0.409. The van der Waals surface area contributed by atoms with E-state index in [-0.39, 0.29) is 0 Å². The minimum absolute atomic E-state index is 0.437. The number of aromatic nitrogens is 4. The molecule has 4 rings (SSSR count). The van der Waals surface area contributed by atoms with Crippen molar-refractivity contribution in [3.8, 4) is 0 Å². The van der Waals surface area contributed by atoms with Crippen LogP contribution in [0.2, 0.25) is 0 Å². The van der Waals surface area contributed by atoms with Gasteiger partial charge in [-0.1, -0.05) is 43.3 Å². The summed E-state index contributed by atoms with van der Waals surface area (Å²) < 4.78 is 2.32. The average Bonchev–Trinajstić information content (AvgIpc) is 3.16. The molecule has 0 spiro atoms. The van der Waals surface area contributed by atoms with Gasteiger partial charge in [-0.3, -0.25) is 0 Å². The van der Waals surface area contributed by atoms with Crippen molar-refractivity contribution in [3.63, 3.8) is 0 Å². The van der Waals surface area contributed by atoms with Crippen molar-refractivity contribution in [1.29, 1.82) is 0 Å². The standard InChI is InChI=1S/C22H28N6/c1-2-23-16-21-25-26-22(28(21)17-18-8-4-3-5-9-18)19-11-14-27(15-12-19)20-10-6-7-13-24-20/h3-10,13,19,23H,2,11-12,14-17H2,1H3. The van der Waals surface area contributed by atoms with E-state index in [4.69, 9.17) is 0 Å². The van der Waals surface area contributed by atoms with Crippen LogP contribution in [0.15, 0.2) is 54.7 Å². The zero-order valence-corrected chi connectivity index (χ0v) is 16.5. The highest BCUT2D eigenvalue weighted by Gasteiger charge is 2.26. The molecule has 0 amide bonds. The molecule has 1 aromatic carbocycles. The van der Waals surface area contributed by atoms with Gasteiger partial charge < -0.3 is 14.8 Å². The molecule has 0 unspecified atom stereocenters. The van der Waals surface area contributed by atoms with Gasteiger partial charge in [0.2, 0.25) is 0 Å². The molecule has 1 saturated heterocycles. The number of rotatable bonds is 7. The first-order valence-corrected chi connectivity index (χ1v) is 10.2. The predicted octanol–water partition coefficient (Wildman–Crippen LogP) is 3.21. The van der Waals surface area contributed by atoms with Crippen molar-refractivity contribution in [2.24, 2.45) is 0 Å². The fourth-order valence-electron chi connectivity index (χ4n) is 3.86. The third-order valence-corrected chi connectivity index (χ3v) is 5.41. The second-order valence-electron chi connectivity index (χ2n) is 7.28. The number of hydrogen-bond donors (Lipinski definition) is 1. The number of pyridine rings is 1. The summed E-state index contributed by atoms with van der Waals surface area (Å²) in [7, 11) is 0. The minimum atomic E-state index is 0.437. The van der Waals surface area contributed by atoms with E-state index in [1.165, 1.54) is 5.56 Å². The summed E-state index contributed by atoms with van der Waals surface area (Å²) in [5.74, 6) is 3.65. The Morgan fingerprint density at radius 2 is 1.79 bits per heavy atom. The second kappa shape index (κ2) is 8.97. The van der Waals surface area contributed by atoms with Crippen molar-refractivity contribution < 1.29 is 0 Å². The summed E-state index contributed by atoms with van der Waals surface area (Å²) in [6.07, 6.45) is 4.01. The molecule has 3 heterocycles. The van der Waals surface area contributed by atoms with Crippen LogP contribution in [-0.4, -0.2) is 39.4 Å². The number of nitrogens with one attached hydrogen (secondary N) is 1. The topological polar surface area (TPSA) is 58.9 Å². The Balaban J connectivity index is 1.51. The van der Waals surface area contributed by atoms with Crippen LogP contribution in [0.1, 0.15) is 42.9 Å². The predicted molar refractivity (Wildman–Crippen MR) is 111 cm³/mol. The molecule has 6 heteroatoms. The van der Waals surface area contributed by atoms with Gasteiger partial charge in [0.05, 0.1) is 13.1 Å². The number of benzene rings is 1. The van der Waals surface area contributed by atoms with Gasteiger partial charge in [-0.05, 0) is 37.1 Å². The van der Waals surface area contributed by atoms with Crippen LogP contribution in [0.3, 0.4) is 0 Å². The highest BCUT2D eigenvalue weighted by molar-refractivity contribution is 5.38. The van der Waals surface area contributed by atoms with E-state index in [0.717, 1.165) is 63.0 Å². The van der Waals surface area contributed by atoms with E-state index in [9.17, 15) is 0 Å². The van der Waals surface area contributed by atoms with Crippen LogP contribution >= 0.6 is 0 Å². The quantitative estimate of drug-likeness (QED) is 0.686. The maximum atomic E-state index is 4.63. The first-order valence-electron chi connectivity index (χ1n) is 10.2. The van der Waals surface area contributed by atoms with Crippen LogP contribution in [0.4, 0.5) is 5.82 Å². The molecule has 1 N–H and O–H groups in total. The number of nitrogens with zero attached hydrogens (tertiary/aromatic N) is 5. The first kappa shape index (κ1) is 18.6. The van der Waals surface area contributed by atoms with Gasteiger partial charge in [0.25, 0.3) is 0 Å². The van der Waals surface area contributed by atoms with E-state index in [0.29, 0.717) is 5.92 Å². The van der Waals surface area contributed by atoms with E-state index in [2.05, 4.69) is 79.4 Å². The molecule has 3 aromatic rings. The van der Waals surface area contributed by atoms with Gasteiger partial charge in [-0.2, -0.15) is 0 Å². The molecule has 0 bridgehead atoms. The monoisotopic (exact) mass is 376 g/mol. The zero-order chi connectivity index (χ0) is 19.2. The molecule has 0 radical (unpaired) electrons. The SMILES string of the molecule is CCNCc1nnc(C2CCN(c3ccccn3)CC2)n1Cc1ccccc1. The third-order valence-electron chi connectivity index (χ3n) is 5.41. The lowest BCUT2D eigenvalue weighted by Gasteiger charge is -2.32. The smallest absolute Gasteiger partial charge is 0.147 e. The van der Waals surface area contributed by atoms with Crippen molar-refractivity contribution in [1.82, 2.24) is 25.1 Å². The Hall–Kier alpha value is -2.73. The summed E-state index contributed by atoms with van der Waals surface area (Å²) in [6, 6.07) is 16.7. The van der Waals surface area contributed by atoms with Gasteiger partial charge in [-0.15, -0.1) is 10.2 Å². The van der Waals surface area contributed by atoms with Crippen LogP contribution in [0.5, 0.6) is 0 Å². The molecule has 28 heavy (non-hydrogen) atoms. The Morgan fingerprint density at radius 3 is 2.50 bits per heavy atom. The zero-order valence-electron chi connectivity index (χ0n) is 16.5. The Kier molecular flexibility index (Phi) is 5.97. The Labute approximate surface area is 166 Å². The first-order chi connectivity index (χ1) is 13.8. The van der Waals surface area contributed by atoms with Crippen molar-refractivity contribution in [3.05, 3.63) is 71.9 Å². The lowest BCUT2D eigenvalue weighted by atomic mass is 9.95. The molecular weight excluding hydrogens is 348 g/mol. The molecular formula is C22H28N6. The van der Waals surface area contributed by atoms with E-state index < -0.39 is 0 Å². The van der Waals surface area contributed by atoms with Crippen LogP contribution in [0.25, 0.3) is 0 Å². The third kappa shape index (κ3) is 4.22. The van der Waals surface area contributed by atoms with Gasteiger partial charge in [-0.25, -0.2) is 4.98 Å². The highest BCUT2D eigenvalue weighted by atomic mass is 15.3. The van der Waals surface area contributed by atoms with E-state index in [1.54, 1.807) is 0 Å². The van der Waals surface area contributed by atoms with Gasteiger partial charge in [0.1, 0.15) is 17.5 Å². The largest absolute Gasteiger partial charge is 0.357 e. The molecule has 0 saturated carbocycles. The van der Waals surface area contributed by atoms with Gasteiger partial charge >= 0.3 is 0 Å². The highest BCUT2D eigenvalue weighted by Crippen LogP contribution is 2.29. The molecule has 146 valence electrons. The van der Waals surface area contributed by atoms with E-state index >= 15 is 0 Å². The average molecular weight is 377 g/mol. The molecule has 1 fully saturated rings. The fourth-order valence-corrected chi connectivity index (χ4v) is 3.86.